The van der Waals surface area contributed by atoms with E-state index < -0.39 is 0 Å². The van der Waals surface area contributed by atoms with Crippen molar-refractivity contribution in [2.75, 3.05) is 0 Å². The van der Waals surface area contributed by atoms with Crippen molar-refractivity contribution in [2.45, 2.75) is 33.6 Å². The molecule has 104 valence electrons. The van der Waals surface area contributed by atoms with Gasteiger partial charge in [0.15, 0.2) is 5.78 Å². The molecule has 1 aromatic carbocycles. The number of benzene rings is 1. The molecule has 0 unspecified atom stereocenters. The summed E-state index contributed by atoms with van der Waals surface area (Å²) >= 11 is 2.33. The van der Waals surface area contributed by atoms with E-state index in [4.69, 9.17) is 0 Å². The van der Waals surface area contributed by atoms with E-state index in [1.54, 1.807) is 0 Å². The monoisotopic (exact) mass is 379 g/mol. The van der Waals surface area contributed by atoms with E-state index in [0.717, 1.165) is 23.4 Å². The smallest absolute Gasteiger partial charge is 0.165 e. The van der Waals surface area contributed by atoms with E-state index in [2.05, 4.69) is 72.2 Å². The zero-order valence-electron chi connectivity index (χ0n) is 12.0. The van der Waals surface area contributed by atoms with Crippen LogP contribution in [0.3, 0.4) is 0 Å². The molecule has 0 fully saturated rings. The first kappa shape index (κ1) is 13.9. The largest absolute Gasteiger partial charge is 0.317 e. The molecule has 0 saturated carbocycles. The van der Waals surface area contributed by atoms with Crippen LogP contribution in [0.15, 0.2) is 30.3 Å². The summed E-state index contributed by atoms with van der Waals surface area (Å²) in [7, 11) is 0. The van der Waals surface area contributed by atoms with Crippen molar-refractivity contribution in [1.82, 2.24) is 4.57 Å². The third-order valence-corrected chi connectivity index (χ3v) is 4.61. The van der Waals surface area contributed by atoms with Gasteiger partial charge in [-0.3, -0.25) is 4.79 Å². The van der Waals surface area contributed by atoms with Crippen LogP contribution in [0.4, 0.5) is 0 Å². The zero-order chi connectivity index (χ0) is 14.5. The number of aryl methyl sites for hydroxylation is 1. The second-order valence-electron chi connectivity index (χ2n) is 6.40. The fraction of sp³-hybridized carbons (Fsp3) is 0.353. The number of carbonyl (C=O) groups excluding carboxylic acids is 1. The highest BCUT2D eigenvalue weighted by Crippen LogP contribution is 2.37. The number of halogens is 1. The number of fused-ring (bicyclic) bond motifs is 1. The minimum absolute atomic E-state index is 0.0502. The van der Waals surface area contributed by atoms with Gasteiger partial charge in [-0.05, 0) is 65.6 Å². The number of carbonyl (C=O) groups is 1. The maximum atomic E-state index is 12.4. The second-order valence-corrected chi connectivity index (χ2v) is 7.65. The Kier molecular flexibility index (Phi) is 3.27. The first-order valence-electron chi connectivity index (χ1n) is 6.88. The summed E-state index contributed by atoms with van der Waals surface area (Å²) in [4.78, 5) is 12.4. The average Bonchev–Trinajstić information content (AvgIpc) is 2.64. The van der Waals surface area contributed by atoms with Crippen LogP contribution in [0, 0.1) is 15.9 Å². The van der Waals surface area contributed by atoms with Gasteiger partial charge < -0.3 is 4.57 Å². The molecule has 1 aromatic heterocycles. The predicted molar refractivity (Wildman–Crippen MR) is 89.7 cm³/mol. The van der Waals surface area contributed by atoms with Gasteiger partial charge in [0, 0.05) is 32.6 Å². The molecule has 0 bridgehead atoms. The fourth-order valence-electron chi connectivity index (χ4n) is 3.13. The molecule has 0 amide bonds. The van der Waals surface area contributed by atoms with Crippen molar-refractivity contribution >= 4 is 28.4 Å². The van der Waals surface area contributed by atoms with Crippen molar-refractivity contribution < 1.29 is 4.79 Å². The van der Waals surface area contributed by atoms with Gasteiger partial charge in [-0.25, -0.2) is 0 Å². The van der Waals surface area contributed by atoms with E-state index in [1.807, 2.05) is 6.07 Å². The molecule has 0 N–H and O–H groups in total. The maximum absolute atomic E-state index is 12.4. The van der Waals surface area contributed by atoms with E-state index in [1.165, 1.54) is 9.26 Å². The van der Waals surface area contributed by atoms with Gasteiger partial charge in [0.2, 0.25) is 0 Å². The normalized spacial score (nSPS) is 17.1. The van der Waals surface area contributed by atoms with Crippen molar-refractivity contribution in [3.8, 4) is 5.69 Å². The summed E-state index contributed by atoms with van der Waals surface area (Å²) in [6, 6.07) is 10.5. The van der Waals surface area contributed by atoms with Crippen LogP contribution in [0.2, 0.25) is 0 Å². The number of rotatable bonds is 1. The fourth-order valence-corrected chi connectivity index (χ4v) is 3.65. The van der Waals surface area contributed by atoms with Gasteiger partial charge in [-0.1, -0.05) is 19.9 Å². The van der Waals surface area contributed by atoms with Gasteiger partial charge in [-0.2, -0.15) is 0 Å². The van der Waals surface area contributed by atoms with E-state index in [-0.39, 0.29) is 11.2 Å². The van der Waals surface area contributed by atoms with Crippen molar-refractivity contribution in [2.24, 2.45) is 5.41 Å². The highest BCUT2D eigenvalue weighted by atomic mass is 127. The molecule has 1 aliphatic carbocycles. The molecule has 2 nitrogen and oxygen atoms in total. The number of nitrogens with zero attached hydrogens (tertiary/aromatic N) is 1. The highest BCUT2D eigenvalue weighted by molar-refractivity contribution is 14.1. The number of aromatic nitrogens is 1. The summed E-state index contributed by atoms with van der Waals surface area (Å²) in [5.74, 6) is 0.281. The molecule has 0 radical (unpaired) electrons. The molecule has 1 aliphatic rings. The summed E-state index contributed by atoms with van der Waals surface area (Å²) in [5.41, 5.74) is 4.44. The molecular weight excluding hydrogens is 361 g/mol. The quantitative estimate of drug-likeness (QED) is 0.667. The van der Waals surface area contributed by atoms with Crippen molar-refractivity contribution in [1.29, 1.82) is 0 Å². The molecule has 0 atom stereocenters. The van der Waals surface area contributed by atoms with E-state index in [9.17, 15) is 4.79 Å². The van der Waals surface area contributed by atoms with E-state index in [0.29, 0.717) is 6.42 Å². The van der Waals surface area contributed by atoms with Crippen LogP contribution >= 0.6 is 22.6 Å². The zero-order valence-corrected chi connectivity index (χ0v) is 14.2. The van der Waals surface area contributed by atoms with Gasteiger partial charge in [0.25, 0.3) is 0 Å². The Morgan fingerprint density at radius 1 is 1.20 bits per heavy atom. The first-order valence-corrected chi connectivity index (χ1v) is 7.96. The predicted octanol–water partition coefficient (Wildman–Crippen LogP) is 4.55. The van der Waals surface area contributed by atoms with Crippen LogP contribution in [-0.2, 0) is 6.42 Å². The molecule has 0 spiro atoms. The minimum Gasteiger partial charge on any atom is -0.317 e. The van der Waals surface area contributed by atoms with Crippen LogP contribution in [-0.4, -0.2) is 10.4 Å². The number of hydrogen-bond donors (Lipinski definition) is 0. The average molecular weight is 379 g/mol. The summed E-state index contributed by atoms with van der Waals surface area (Å²) in [6.07, 6.45) is 1.60. The molecule has 20 heavy (non-hydrogen) atoms. The lowest BCUT2D eigenvalue weighted by atomic mass is 9.76. The van der Waals surface area contributed by atoms with Crippen molar-refractivity contribution in [3.63, 3.8) is 0 Å². The Hall–Kier alpha value is -1.10. The molecule has 0 saturated heterocycles. The Bertz CT molecular complexity index is 697. The molecule has 0 aliphatic heterocycles. The number of Topliss-reactive ketones (excluding diaryl/α,β-unsaturated/α-hetero) is 1. The number of hydrogen-bond acceptors (Lipinski definition) is 1. The Morgan fingerprint density at radius 3 is 2.65 bits per heavy atom. The molecule has 3 heteroatoms. The molecular formula is C17H18INO. The van der Waals surface area contributed by atoms with Crippen LogP contribution in [0.5, 0.6) is 0 Å². The summed E-state index contributed by atoms with van der Waals surface area (Å²) in [6.45, 7) is 6.43. The molecule has 2 aromatic rings. The Balaban J connectivity index is 2.21. The minimum atomic E-state index is 0.0502. The lowest BCUT2D eigenvalue weighted by Crippen LogP contribution is -2.27. The Morgan fingerprint density at radius 2 is 1.95 bits per heavy atom. The molecule has 3 rings (SSSR count). The lowest BCUT2D eigenvalue weighted by Gasteiger charge is -2.29. The first-order chi connectivity index (χ1) is 9.37. The molecule has 1 heterocycles. The van der Waals surface area contributed by atoms with Crippen LogP contribution < -0.4 is 0 Å². The van der Waals surface area contributed by atoms with Gasteiger partial charge >= 0.3 is 0 Å². The SMILES string of the molecule is Cc1cc2c(n1-c1cccc(I)c1)CC(C)(C)CC2=O. The third kappa shape index (κ3) is 2.32. The van der Waals surface area contributed by atoms with Crippen molar-refractivity contribution in [3.05, 3.63) is 50.9 Å². The third-order valence-electron chi connectivity index (χ3n) is 3.94. The second kappa shape index (κ2) is 4.72. The summed E-state index contributed by atoms with van der Waals surface area (Å²) in [5, 5.41) is 0. The van der Waals surface area contributed by atoms with Gasteiger partial charge in [0.05, 0.1) is 0 Å². The highest BCUT2D eigenvalue weighted by Gasteiger charge is 2.34. The summed E-state index contributed by atoms with van der Waals surface area (Å²) < 4.78 is 3.46. The Labute approximate surface area is 133 Å². The maximum Gasteiger partial charge on any atom is 0.165 e. The van der Waals surface area contributed by atoms with E-state index >= 15 is 0 Å². The van der Waals surface area contributed by atoms with Crippen LogP contribution in [0.1, 0.15) is 42.0 Å². The van der Waals surface area contributed by atoms with Gasteiger partial charge in [-0.15, -0.1) is 0 Å². The van der Waals surface area contributed by atoms with Gasteiger partial charge in [0.1, 0.15) is 0 Å². The topological polar surface area (TPSA) is 22.0 Å². The number of ketones is 1. The standard InChI is InChI=1S/C17H18INO/c1-11-7-14-15(9-17(2,3)10-16(14)20)19(11)13-6-4-5-12(18)8-13/h4-8H,9-10H2,1-3H3. The lowest BCUT2D eigenvalue weighted by molar-refractivity contribution is 0.0911. The van der Waals surface area contributed by atoms with Crippen LogP contribution in [0.25, 0.3) is 5.69 Å².